The Morgan fingerprint density at radius 3 is 2.12 bits per heavy atom. The Balaban J connectivity index is 1.64. The lowest BCUT2D eigenvalue weighted by Crippen LogP contribution is -2.65. The van der Waals surface area contributed by atoms with Crippen LogP contribution >= 0.6 is 0 Å². The van der Waals surface area contributed by atoms with E-state index >= 15 is 0 Å². The van der Waals surface area contributed by atoms with E-state index in [0.29, 0.717) is 5.56 Å². The highest BCUT2D eigenvalue weighted by Gasteiger charge is 2.61. The van der Waals surface area contributed by atoms with E-state index in [0.717, 1.165) is 0 Å². The van der Waals surface area contributed by atoms with Gasteiger partial charge in [-0.15, -0.1) is 0 Å². The number of hydrogen-bond donors (Lipinski definition) is 2. The zero-order valence-corrected chi connectivity index (χ0v) is 26.7. The van der Waals surface area contributed by atoms with E-state index in [1.165, 1.54) is 16.8 Å². The molecule has 2 aliphatic heterocycles. The summed E-state index contributed by atoms with van der Waals surface area (Å²) in [5, 5.41) is 14.1. The van der Waals surface area contributed by atoms with Gasteiger partial charge in [0.2, 0.25) is 0 Å². The molecule has 2 aromatic rings. The van der Waals surface area contributed by atoms with Gasteiger partial charge in [-0.1, -0.05) is 73.6 Å². The third-order valence-electron chi connectivity index (χ3n) is 8.02. The van der Waals surface area contributed by atoms with Crippen molar-refractivity contribution < 1.29 is 27.6 Å². The van der Waals surface area contributed by atoms with Crippen molar-refractivity contribution in [2.45, 2.75) is 102 Å². The Bertz CT molecular complexity index is 1220. The average Bonchev–Trinajstić information content (AvgIpc) is 3.18. The standard InChI is InChI=1S/C28H43N3O7Si2/c1-17(2)39(18(3)4)35-16-22-25(37-40(38-39,19(5)6)20(7)8)24(32)27(36-22)31-15-14-23(30-28(31)34)29-26(33)21-12-10-9-11-13-21/h9-15,17-20,22,24-25,27,32H,16H2,1-8H3,(H,29,30,33,34)/t22-,24-,25-,27-/m1/s1/i16+1. The van der Waals surface area contributed by atoms with Crippen LogP contribution in [0, 0.1) is 0 Å². The number of aromatic nitrogens is 2. The number of carbonyl (C=O) groups excluding carboxylic acids is 1. The minimum Gasteiger partial charge on any atom is -0.414 e. The largest absolute Gasteiger partial charge is 0.414 e. The summed E-state index contributed by atoms with van der Waals surface area (Å²) in [6, 6.07) is 10.2. The van der Waals surface area contributed by atoms with Crippen molar-refractivity contribution in [3.8, 4) is 0 Å². The molecule has 2 saturated heterocycles. The van der Waals surface area contributed by atoms with Gasteiger partial charge in [0.25, 0.3) is 5.91 Å². The van der Waals surface area contributed by atoms with Crippen LogP contribution in [0.4, 0.5) is 5.82 Å². The smallest absolute Gasteiger partial charge is 0.351 e. The third-order valence-corrected chi connectivity index (χ3v) is 18.3. The van der Waals surface area contributed by atoms with Gasteiger partial charge in [-0.25, -0.2) is 4.79 Å². The van der Waals surface area contributed by atoms with E-state index in [9.17, 15) is 14.7 Å². The molecule has 2 aliphatic rings. The van der Waals surface area contributed by atoms with Crippen LogP contribution in [0.2, 0.25) is 22.2 Å². The number of amides is 1. The maximum atomic E-state index is 13.1. The first-order valence-electron chi connectivity index (χ1n) is 14.1. The molecule has 0 saturated carbocycles. The van der Waals surface area contributed by atoms with Gasteiger partial charge in [-0.2, -0.15) is 4.98 Å². The molecule has 12 heteroatoms. The number of aliphatic hydroxyl groups is 1. The molecular formula is C28H43N3O7Si2. The third kappa shape index (κ3) is 5.63. The number of nitrogens with one attached hydrogen (secondary N) is 1. The van der Waals surface area contributed by atoms with Crippen LogP contribution in [0.1, 0.15) is 72.0 Å². The van der Waals surface area contributed by atoms with E-state index in [1.54, 1.807) is 24.3 Å². The highest BCUT2D eigenvalue weighted by Crippen LogP contribution is 2.48. The van der Waals surface area contributed by atoms with Gasteiger partial charge in [0.05, 0.1) is 6.61 Å². The van der Waals surface area contributed by atoms with Crippen LogP contribution in [-0.2, 0) is 17.7 Å². The van der Waals surface area contributed by atoms with Gasteiger partial charge < -0.3 is 28.1 Å². The fourth-order valence-corrected chi connectivity index (χ4v) is 17.0. The maximum Gasteiger partial charge on any atom is 0.351 e. The number of rotatable bonds is 7. The lowest BCUT2D eigenvalue weighted by Gasteiger charge is -2.51. The summed E-state index contributed by atoms with van der Waals surface area (Å²) in [5.74, 6) is -0.268. The van der Waals surface area contributed by atoms with Crippen LogP contribution < -0.4 is 11.0 Å². The molecule has 0 bridgehead atoms. The lowest BCUT2D eigenvalue weighted by molar-refractivity contribution is -0.0600. The van der Waals surface area contributed by atoms with Crippen molar-refractivity contribution in [1.29, 1.82) is 0 Å². The topological polar surface area (TPSA) is 121 Å². The molecule has 10 nitrogen and oxygen atoms in total. The molecule has 2 N–H and O–H groups in total. The molecule has 4 rings (SSSR count). The average molecular weight is 591 g/mol. The fourth-order valence-electron chi connectivity index (χ4n) is 5.82. The summed E-state index contributed by atoms with van der Waals surface area (Å²) in [7, 11) is -5.74. The molecule has 220 valence electrons. The Morgan fingerprint density at radius 2 is 1.57 bits per heavy atom. The van der Waals surface area contributed by atoms with Crippen LogP contribution in [0.3, 0.4) is 0 Å². The van der Waals surface area contributed by atoms with Crippen molar-refractivity contribution in [1.82, 2.24) is 9.55 Å². The fraction of sp³-hybridized carbons (Fsp3) is 0.607. The van der Waals surface area contributed by atoms with Gasteiger partial charge in [0.15, 0.2) is 6.23 Å². The Morgan fingerprint density at radius 1 is 0.975 bits per heavy atom. The molecule has 3 heterocycles. The van der Waals surface area contributed by atoms with Crippen LogP contribution in [0.5, 0.6) is 0 Å². The minimum absolute atomic E-state index is 0.0855. The molecule has 0 radical (unpaired) electrons. The predicted octanol–water partition coefficient (Wildman–Crippen LogP) is 4.71. The van der Waals surface area contributed by atoms with Crippen LogP contribution in [0.25, 0.3) is 0 Å². The summed E-state index contributed by atoms with van der Waals surface area (Å²) in [5.41, 5.74) is 0.300. The first-order chi connectivity index (χ1) is 18.8. The van der Waals surface area contributed by atoms with Crippen LogP contribution in [-0.4, -0.2) is 62.6 Å². The summed E-state index contributed by atoms with van der Waals surface area (Å²) in [6.07, 6.45) is -2.05. The SMILES string of the molecule is CC(C)[Si]1(C(C)C)O[13CH2][C@H]2O[C@@H](n3ccc(NC(=O)c4ccccc4)nc3=O)[C@H](O)[C@@H]2O[Si](C(C)C)(C(C)C)O1. The Kier molecular flexibility index (Phi) is 9.20. The first-order valence-corrected chi connectivity index (χ1v) is 18.1. The van der Waals surface area contributed by atoms with Crippen molar-refractivity contribution in [2.75, 3.05) is 11.9 Å². The van der Waals surface area contributed by atoms with Gasteiger partial charge >= 0.3 is 22.8 Å². The molecule has 0 unspecified atom stereocenters. The molecule has 40 heavy (non-hydrogen) atoms. The van der Waals surface area contributed by atoms with Crippen molar-refractivity contribution in [3.05, 3.63) is 58.6 Å². The highest BCUT2D eigenvalue weighted by molar-refractivity contribution is 6.84. The van der Waals surface area contributed by atoms with E-state index in [4.69, 9.17) is 17.7 Å². The highest BCUT2D eigenvalue weighted by atomic mass is 28.5. The Labute approximate surface area is 238 Å². The van der Waals surface area contributed by atoms with Crippen molar-refractivity contribution in [2.24, 2.45) is 0 Å². The van der Waals surface area contributed by atoms with Crippen molar-refractivity contribution >= 4 is 28.8 Å². The molecule has 1 aromatic carbocycles. The molecule has 0 spiro atoms. The Hall–Kier alpha value is -2.20. The quantitative estimate of drug-likeness (QED) is 0.351. The molecular weight excluding hydrogens is 547 g/mol. The number of fused-ring (bicyclic) bond motifs is 1. The number of aliphatic hydroxyl groups excluding tert-OH is 1. The zero-order valence-electron chi connectivity index (χ0n) is 24.7. The van der Waals surface area contributed by atoms with E-state index in [-0.39, 0.29) is 40.5 Å². The number of hydrogen-bond acceptors (Lipinski definition) is 8. The number of nitrogens with zero attached hydrogens (tertiary/aromatic N) is 2. The molecule has 4 atom stereocenters. The maximum absolute atomic E-state index is 13.1. The van der Waals surface area contributed by atoms with E-state index in [2.05, 4.69) is 65.7 Å². The molecule has 0 aliphatic carbocycles. The molecule has 1 aromatic heterocycles. The summed E-state index contributed by atoms with van der Waals surface area (Å²) in [4.78, 5) is 29.6. The van der Waals surface area contributed by atoms with E-state index in [1.807, 2.05) is 6.07 Å². The van der Waals surface area contributed by atoms with Gasteiger partial charge in [0.1, 0.15) is 24.1 Å². The monoisotopic (exact) mass is 590 g/mol. The van der Waals surface area contributed by atoms with Gasteiger partial charge in [0, 0.05) is 11.8 Å². The van der Waals surface area contributed by atoms with Gasteiger partial charge in [-0.3, -0.25) is 9.36 Å². The number of benzene rings is 1. The lowest BCUT2D eigenvalue weighted by atomic mass is 10.2. The summed E-state index contributed by atoms with van der Waals surface area (Å²) in [6.45, 7) is 17.2. The normalized spacial score (nSPS) is 26.1. The predicted molar refractivity (Wildman–Crippen MR) is 157 cm³/mol. The summed E-state index contributed by atoms with van der Waals surface area (Å²) < 4.78 is 28.3. The number of ether oxygens (including phenoxy) is 1. The molecule has 1 amide bonds. The van der Waals surface area contributed by atoms with Gasteiger partial charge in [-0.05, 0) is 40.4 Å². The molecule has 2 fully saturated rings. The number of carbonyl (C=O) groups is 1. The second-order valence-electron chi connectivity index (χ2n) is 11.9. The number of anilines is 1. The minimum atomic E-state index is -2.97. The second-order valence-corrected chi connectivity index (χ2v) is 20.8. The van der Waals surface area contributed by atoms with Crippen LogP contribution in [0.15, 0.2) is 47.4 Å². The summed E-state index contributed by atoms with van der Waals surface area (Å²) >= 11 is 0. The van der Waals surface area contributed by atoms with Crippen molar-refractivity contribution in [3.63, 3.8) is 0 Å². The second kappa shape index (κ2) is 12.0. The van der Waals surface area contributed by atoms with E-state index < -0.39 is 47.4 Å². The zero-order chi connectivity index (χ0) is 29.4. The first kappa shape index (κ1) is 30.8.